The van der Waals surface area contributed by atoms with Crippen molar-refractivity contribution in [3.63, 3.8) is 0 Å². The van der Waals surface area contributed by atoms with Gasteiger partial charge in [0.1, 0.15) is 11.3 Å². The average Bonchev–Trinajstić information content (AvgIpc) is 2.66. The number of hydrogen-bond donors (Lipinski definition) is 1. The predicted molar refractivity (Wildman–Crippen MR) is 98.7 cm³/mol. The van der Waals surface area contributed by atoms with Crippen LogP contribution in [-0.4, -0.2) is 48.3 Å². The molecule has 0 spiro atoms. The zero-order chi connectivity index (χ0) is 17.1. The molecular weight excluding hydrogens is 314 g/mol. The minimum Gasteiger partial charge on any atom is -0.488 e. The lowest BCUT2D eigenvalue weighted by Gasteiger charge is -2.28. The monoisotopic (exact) mass is 341 g/mol. The molecule has 5 nitrogen and oxygen atoms in total. The van der Waals surface area contributed by atoms with Crippen LogP contribution in [0.3, 0.4) is 0 Å². The number of nitrogens with two attached hydrogens (primary N) is 1. The number of aromatic nitrogens is 1. The van der Waals surface area contributed by atoms with Gasteiger partial charge >= 0.3 is 0 Å². The Morgan fingerprint density at radius 2 is 1.92 bits per heavy atom. The average molecular weight is 341 g/mol. The molecule has 0 bridgehead atoms. The number of pyridine rings is 1. The maximum atomic E-state index is 6.31. The Bertz CT molecular complexity index is 707. The Morgan fingerprint density at radius 1 is 1.12 bits per heavy atom. The Kier molecular flexibility index (Phi) is 5.15. The minimum absolute atomic E-state index is 0.259. The standard InChI is InChI=1S/C20H27N3O2/c21-16-4-6-17(7-5-16)25-19-8-3-15(14-23-10-12-24-13-11-23)18-2-1-9-22-20(18)19/h1-3,8-9,16-17H,4-7,10-14,21H2. The van der Waals surface area contributed by atoms with Gasteiger partial charge in [-0.3, -0.25) is 9.88 Å². The molecule has 0 atom stereocenters. The van der Waals surface area contributed by atoms with Gasteiger partial charge < -0.3 is 15.2 Å². The Morgan fingerprint density at radius 3 is 2.72 bits per heavy atom. The second-order valence-electron chi connectivity index (χ2n) is 7.17. The molecule has 0 amide bonds. The third-order valence-corrected chi connectivity index (χ3v) is 5.33. The molecule has 2 aliphatic rings. The second-order valence-corrected chi connectivity index (χ2v) is 7.17. The lowest BCUT2D eigenvalue weighted by atomic mass is 9.93. The molecule has 1 aromatic carbocycles. The van der Waals surface area contributed by atoms with E-state index < -0.39 is 0 Å². The second kappa shape index (κ2) is 7.68. The van der Waals surface area contributed by atoms with Crippen LogP contribution in [-0.2, 0) is 11.3 Å². The molecule has 0 radical (unpaired) electrons. The van der Waals surface area contributed by atoms with Crippen molar-refractivity contribution in [2.45, 2.75) is 44.4 Å². The van der Waals surface area contributed by atoms with Crippen LogP contribution >= 0.6 is 0 Å². The molecule has 1 aliphatic carbocycles. The molecule has 5 heteroatoms. The number of benzene rings is 1. The summed E-state index contributed by atoms with van der Waals surface area (Å²) in [5.41, 5.74) is 8.29. The highest BCUT2D eigenvalue weighted by atomic mass is 16.5. The van der Waals surface area contributed by atoms with E-state index >= 15 is 0 Å². The largest absolute Gasteiger partial charge is 0.488 e. The number of hydrogen-bond acceptors (Lipinski definition) is 5. The Hall–Kier alpha value is -1.69. The van der Waals surface area contributed by atoms with Crippen molar-refractivity contribution >= 4 is 10.9 Å². The topological polar surface area (TPSA) is 60.6 Å². The molecule has 134 valence electrons. The lowest BCUT2D eigenvalue weighted by Crippen LogP contribution is -2.35. The van der Waals surface area contributed by atoms with Crippen LogP contribution in [0.5, 0.6) is 5.75 Å². The van der Waals surface area contributed by atoms with Crippen molar-refractivity contribution in [2.24, 2.45) is 5.73 Å². The lowest BCUT2D eigenvalue weighted by molar-refractivity contribution is 0.0343. The Balaban J connectivity index is 1.56. The first kappa shape index (κ1) is 16.8. The number of morpholine rings is 1. The number of ether oxygens (including phenoxy) is 2. The fraction of sp³-hybridized carbons (Fsp3) is 0.550. The fourth-order valence-corrected chi connectivity index (χ4v) is 3.82. The van der Waals surface area contributed by atoms with Gasteiger partial charge in [0, 0.05) is 37.3 Å². The molecule has 2 aromatic rings. The third kappa shape index (κ3) is 3.94. The first-order valence-electron chi connectivity index (χ1n) is 9.38. The van der Waals surface area contributed by atoms with Crippen molar-refractivity contribution < 1.29 is 9.47 Å². The molecule has 0 unspecified atom stereocenters. The summed E-state index contributed by atoms with van der Waals surface area (Å²) >= 11 is 0. The van der Waals surface area contributed by atoms with Gasteiger partial charge in [-0.2, -0.15) is 0 Å². The van der Waals surface area contributed by atoms with E-state index in [1.54, 1.807) is 0 Å². The van der Waals surface area contributed by atoms with Crippen molar-refractivity contribution in [3.8, 4) is 5.75 Å². The van der Waals surface area contributed by atoms with E-state index in [2.05, 4.69) is 28.1 Å². The van der Waals surface area contributed by atoms with E-state index in [1.165, 1.54) is 10.9 Å². The maximum absolute atomic E-state index is 6.31. The summed E-state index contributed by atoms with van der Waals surface area (Å²) in [6, 6.07) is 8.80. The number of fused-ring (bicyclic) bond motifs is 1. The highest BCUT2D eigenvalue weighted by molar-refractivity contribution is 5.87. The predicted octanol–water partition coefficient (Wildman–Crippen LogP) is 2.72. The van der Waals surface area contributed by atoms with Gasteiger partial charge in [0.05, 0.1) is 19.3 Å². The van der Waals surface area contributed by atoms with Crippen LogP contribution in [0.15, 0.2) is 30.5 Å². The molecule has 1 saturated carbocycles. The zero-order valence-corrected chi connectivity index (χ0v) is 14.7. The van der Waals surface area contributed by atoms with Crippen LogP contribution in [0.1, 0.15) is 31.2 Å². The summed E-state index contributed by atoms with van der Waals surface area (Å²) in [7, 11) is 0. The highest BCUT2D eigenvalue weighted by Gasteiger charge is 2.21. The van der Waals surface area contributed by atoms with Gasteiger partial charge in [0.15, 0.2) is 0 Å². The van der Waals surface area contributed by atoms with Crippen LogP contribution in [0.4, 0.5) is 0 Å². The molecule has 4 rings (SSSR count). The molecule has 25 heavy (non-hydrogen) atoms. The smallest absolute Gasteiger partial charge is 0.145 e. The van der Waals surface area contributed by atoms with E-state index in [0.29, 0.717) is 6.04 Å². The maximum Gasteiger partial charge on any atom is 0.145 e. The highest BCUT2D eigenvalue weighted by Crippen LogP contribution is 2.31. The first-order valence-corrected chi connectivity index (χ1v) is 9.38. The van der Waals surface area contributed by atoms with E-state index in [1.807, 2.05) is 12.3 Å². The van der Waals surface area contributed by atoms with Crippen LogP contribution in [0.25, 0.3) is 10.9 Å². The van der Waals surface area contributed by atoms with Gasteiger partial charge in [-0.25, -0.2) is 0 Å². The van der Waals surface area contributed by atoms with Gasteiger partial charge in [-0.1, -0.05) is 12.1 Å². The number of rotatable bonds is 4. The van der Waals surface area contributed by atoms with Gasteiger partial charge in [-0.05, 0) is 43.4 Å². The van der Waals surface area contributed by atoms with Gasteiger partial charge in [0.25, 0.3) is 0 Å². The van der Waals surface area contributed by atoms with E-state index in [4.69, 9.17) is 15.2 Å². The van der Waals surface area contributed by atoms with Crippen LogP contribution in [0.2, 0.25) is 0 Å². The third-order valence-electron chi connectivity index (χ3n) is 5.33. The first-order chi connectivity index (χ1) is 12.3. The Labute approximate surface area is 149 Å². The van der Waals surface area contributed by atoms with E-state index in [-0.39, 0.29) is 6.10 Å². The SMILES string of the molecule is NC1CCC(Oc2ccc(CN3CCOCC3)c3cccnc23)CC1. The van der Waals surface area contributed by atoms with Crippen molar-refractivity contribution in [3.05, 3.63) is 36.0 Å². The van der Waals surface area contributed by atoms with E-state index in [9.17, 15) is 0 Å². The summed E-state index contributed by atoms with van der Waals surface area (Å²) in [6.07, 6.45) is 6.27. The quantitative estimate of drug-likeness (QED) is 0.926. The van der Waals surface area contributed by atoms with Gasteiger partial charge in [0.2, 0.25) is 0 Å². The number of nitrogens with zero attached hydrogens (tertiary/aromatic N) is 2. The molecule has 1 saturated heterocycles. The normalized spacial score (nSPS) is 25.2. The van der Waals surface area contributed by atoms with Crippen LogP contribution in [0, 0.1) is 0 Å². The molecule has 2 fully saturated rings. The van der Waals surface area contributed by atoms with Crippen molar-refractivity contribution in [1.29, 1.82) is 0 Å². The summed E-state index contributed by atoms with van der Waals surface area (Å²) in [6.45, 7) is 4.55. The summed E-state index contributed by atoms with van der Waals surface area (Å²) in [5.74, 6) is 0.904. The fourth-order valence-electron chi connectivity index (χ4n) is 3.82. The van der Waals surface area contributed by atoms with Crippen molar-refractivity contribution in [2.75, 3.05) is 26.3 Å². The molecule has 2 N–H and O–H groups in total. The van der Waals surface area contributed by atoms with Crippen LogP contribution < -0.4 is 10.5 Å². The molecule has 1 aliphatic heterocycles. The summed E-state index contributed by atoms with van der Waals surface area (Å²) < 4.78 is 11.8. The van der Waals surface area contributed by atoms with Crippen molar-refractivity contribution in [1.82, 2.24) is 9.88 Å². The summed E-state index contributed by atoms with van der Waals surface area (Å²) in [4.78, 5) is 7.06. The molecule has 1 aromatic heterocycles. The summed E-state index contributed by atoms with van der Waals surface area (Å²) in [5, 5.41) is 1.19. The van der Waals surface area contributed by atoms with E-state index in [0.717, 1.165) is 69.8 Å². The molecular formula is C20H27N3O2. The minimum atomic E-state index is 0.259. The molecule has 2 heterocycles. The van der Waals surface area contributed by atoms with Gasteiger partial charge in [-0.15, -0.1) is 0 Å². The zero-order valence-electron chi connectivity index (χ0n) is 14.7.